The molecule has 0 fully saturated rings. The molecule has 0 saturated heterocycles. The van der Waals surface area contributed by atoms with E-state index < -0.39 is 18.5 Å². The van der Waals surface area contributed by atoms with Gasteiger partial charge in [0.15, 0.2) is 0 Å². The van der Waals surface area contributed by atoms with E-state index in [4.69, 9.17) is 16.8 Å². The summed E-state index contributed by atoms with van der Waals surface area (Å²) in [6, 6.07) is 7.52. The van der Waals surface area contributed by atoms with Gasteiger partial charge in [0, 0.05) is 5.69 Å². The zero-order chi connectivity index (χ0) is 14.3. The lowest BCUT2D eigenvalue weighted by Crippen LogP contribution is -2.39. The van der Waals surface area contributed by atoms with Crippen molar-refractivity contribution in [1.29, 1.82) is 5.26 Å². The maximum absolute atomic E-state index is 11.8. The van der Waals surface area contributed by atoms with Crippen LogP contribution in [0.1, 0.15) is 5.56 Å². The van der Waals surface area contributed by atoms with E-state index in [0.29, 0.717) is 11.3 Å². The van der Waals surface area contributed by atoms with Crippen molar-refractivity contribution in [2.45, 2.75) is 0 Å². The van der Waals surface area contributed by atoms with Crippen LogP contribution in [0.5, 0.6) is 0 Å². The first-order valence-electron chi connectivity index (χ1n) is 5.28. The van der Waals surface area contributed by atoms with E-state index in [0.717, 1.165) is 4.90 Å². The number of hydrogen-bond donors (Lipinski definition) is 2. The number of rotatable bonds is 4. The summed E-state index contributed by atoms with van der Waals surface area (Å²) in [5.41, 5.74) is 0.917. The van der Waals surface area contributed by atoms with Gasteiger partial charge in [0.05, 0.1) is 18.2 Å². The number of carboxylic acid groups (broad SMARTS) is 1. The minimum atomic E-state index is -1.15. The second-order valence-electron chi connectivity index (χ2n) is 3.57. The molecule has 2 amide bonds. The Kier molecular flexibility index (Phi) is 4.94. The highest BCUT2D eigenvalue weighted by molar-refractivity contribution is 5.91. The second-order valence-corrected chi connectivity index (χ2v) is 3.57. The van der Waals surface area contributed by atoms with E-state index >= 15 is 0 Å². The molecule has 0 atom stereocenters. The molecule has 0 aromatic heterocycles. The summed E-state index contributed by atoms with van der Waals surface area (Å²) in [5, 5.41) is 19.8. The molecule has 19 heavy (non-hydrogen) atoms. The van der Waals surface area contributed by atoms with Gasteiger partial charge >= 0.3 is 12.0 Å². The second kappa shape index (κ2) is 6.67. The van der Waals surface area contributed by atoms with Crippen LogP contribution >= 0.6 is 0 Å². The molecule has 1 rings (SSSR count). The number of carbonyl (C=O) groups is 2. The van der Waals surface area contributed by atoms with Gasteiger partial charge in [-0.25, -0.2) is 4.79 Å². The van der Waals surface area contributed by atoms with Crippen molar-refractivity contribution in [3.8, 4) is 18.4 Å². The van der Waals surface area contributed by atoms with E-state index in [-0.39, 0.29) is 6.54 Å². The first kappa shape index (κ1) is 14.1. The molecule has 0 aliphatic rings. The highest BCUT2D eigenvalue weighted by atomic mass is 16.4. The van der Waals surface area contributed by atoms with Crippen molar-refractivity contribution in [2.24, 2.45) is 0 Å². The van der Waals surface area contributed by atoms with Crippen molar-refractivity contribution in [3.05, 3.63) is 29.8 Å². The van der Waals surface area contributed by atoms with Crippen LogP contribution in [0.4, 0.5) is 10.5 Å². The van der Waals surface area contributed by atoms with Gasteiger partial charge in [-0.05, 0) is 24.3 Å². The van der Waals surface area contributed by atoms with Crippen molar-refractivity contribution >= 4 is 17.7 Å². The Morgan fingerprint density at radius 1 is 1.37 bits per heavy atom. The zero-order valence-electron chi connectivity index (χ0n) is 9.96. The maximum Gasteiger partial charge on any atom is 0.323 e. The van der Waals surface area contributed by atoms with Crippen LogP contribution in [-0.2, 0) is 4.79 Å². The summed E-state index contributed by atoms with van der Waals surface area (Å²) < 4.78 is 0. The Morgan fingerprint density at radius 3 is 2.47 bits per heavy atom. The van der Waals surface area contributed by atoms with Crippen molar-refractivity contribution < 1.29 is 14.7 Å². The number of aliphatic carboxylic acids is 1. The fourth-order valence-electron chi connectivity index (χ4n) is 1.30. The SMILES string of the molecule is C#CCN(CC(=O)O)C(=O)Nc1ccc(C#N)cc1. The van der Waals surface area contributed by atoms with Crippen LogP contribution in [0.25, 0.3) is 0 Å². The molecule has 0 radical (unpaired) electrons. The molecule has 1 aromatic rings. The monoisotopic (exact) mass is 257 g/mol. The average molecular weight is 257 g/mol. The van der Waals surface area contributed by atoms with Gasteiger partial charge in [-0.2, -0.15) is 5.26 Å². The van der Waals surface area contributed by atoms with E-state index in [1.54, 1.807) is 24.3 Å². The number of terminal acetylenes is 1. The molecule has 0 spiro atoms. The molecule has 0 unspecified atom stereocenters. The molecule has 96 valence electrons. The predicted molar refractivity (Wildman–Crippen MR) is 68.2 cm³/mol. The van der Waals surface area contributed by atoms with E-state index in [1.807, 2.05) is 6.07 Å². The minimum absolute atomic E-state index is 0.103. The van der Waals surface area contributed by atoms with Gasteiger partial charge in [-0.1, -0.05) is 5.92 Å². The Labute approximate surface area is 110 Å². The molecule has 0 aliphatic heterocycles. The number of carbonyl (C=O) groups excluding carboxylic acids is 1. The summed E-state index contributed by atoms with van der Waals surface area (Å²) in [6.45, 7) is -0.583. The Bertz CT molecular complexity index is 552. The van der Waals surface area contributed by atoms with Gasteiger partial charge in [0.1, 0.15) is 6.54 Å². The summed E-state index contributed by atoms with van der Waals surface area (Å²) in [7, 11) is 0. The maximum atomic E-state index is 11.8. The van der Waals surface area contributed by atoms with Gasteiger partial charge in [-0.3, -0.25) is 4.79 Å². The van der Waals surface area contributed by atoms with Gasteiger partial charge in [0.2, 0.25) is 0 Å². The number of anilines is 1. The molecule has 6 nitrogen and oxygen atoms in total. The Balaban J connectivity index is 2.73. The van der Waals surface area contributed by atoms with Crippen LogP contribution < -0.4 is 5.32 Å². The minimum Gasteiger partial charge on any atom is -0.480 e. The molecular formula is C13H11N3O3. The standard InChI is InChI=1S/C13H11N3O3/c1-2-7-16(9-12(17)18)13(19)15-11-5-3-10(8-14)4-6-11/h1,3-6H,7,9H2,(H,15,19)(H,17,18). The number of nitrogens with zero attached hydrogens (tertiary/aromatic N) is 2. The number of benzene rings is 1. The average Bonchev–Trinajstić information content (AvgIpc) is 2.38. The van der Waals surface area contributed by atoms with Gasteiger partial charge in [0.25, 0.3) is 0 Å². The third-order valence-corrected chi connectivity index (χ3v) is 2.16. The van der Waals surface area contributed by atoms with Crippen LogP contribution in [0.3, 0.4) is 0 Å². The molecule has 6 heteroatoms. The van der Waals surface area contributed by atoms with Crippen molar-refractivity contribution in [3.63, 3.8) is 0 Å². The first-order valence-corrected chi connectivity index (χ1v) is 5.28. The summed E-state index contributed by atoms with van der Waals surface area (Å²) in [6.07, 6.45) is 5.07. The quantitative estimate of drug-likeness (QED) is 0.790. The lowest BCUT2D eigenvalue weighted by atomic mass is 10.2. The number of nitriles is 1. The van der Waals surface area contributed by atoms with Crippen LogP contribution in [0.15, 0.2) is 24.3 Å². The molecule has 1 aromatic carbocycles. The predicted octanol–water partition coefficient (Wildman–Crippen LogP) is 1.11. The Hall–Kier alpha value is -2.99. The lowest BCUT2D eigenvalue weighted by Gasteiger charge is -2.18. The number of urea groups is 1. The van der Waals surface area contributed by atoms with E-state index in [2.05, 4.69) is 11.2 Å². The number of hydrogen-bond acceptors (Lipinski definition) is 3. The molecule has 0 aliphatic carbocycles. The van der Waals surface area contributed by atoms with Crippen molar-refractivity contribution in [2.75, 3.05) is 18.4 Å². The highest BCUT2D eigenvalue weighted by Crippen LogP contribution is 2.09. The summed E-state index contributed by atoms with van der Waals surface area (Å²) in [5.74, 6) is 1.07. The number of nitrogens with one attached hydrogen (secondary N) is 1. The molecule has 0 bridgehead atoms. The topological polar surface area (TPSA) is 93.4 Å². The first-order chi connectivity index (χ1) is 9.06. The normalized spacial score (nSPS) is 8.95. The van der Waals surface area contributed by atoms with E-state index in [1.165, 1.54) is 0 Å². The van der Waals surface area contributed by atoms with E-state index in [9.17, 15) is 9.59 Å². The van der Waals surface area contributed by atoms with Crippen LogP contribution in [0, 0.1) is 23.7 Å². The zero-order valence-corrected chi connectivity index (χ0v) is 9.96. The van der Waals surface area contributed by atoms with Gasteiger partial charge in [-0.15, -0.1) is 6.42 Å². The molecule has 0 heterocycles. The summed E-state index contributed by atoms with van der Waals surface area (Å²) in [4.78, 5) is 23.4. The van der Waals surface area contributed by atoms with Crippen molar-refractivity contribution in [1.82, 2.24) is 4.90 Å². The molecule has 2 N–H and O–H groups in total. The number of carboxylic acids is 1. The smallest absolute Gasteiger partial charge is 0.323 e. The van der Waals surface area contributed by atoms with Crippen LogP contribution in [0.2, 0.25) is 0 Å². The molecular weight excluding hydrogens is 246 g/mol. The third-order valence-electron chi connectivity index (χ3n) is 2.16. The Morgan fingerprint density at radius 2 is 2.00 bits per heavy atom. The lowest BCUT2D eigenvalue weighted by molar-refractivity contribution is -0.137. The largest absolute Gasteiger partial charge is 0.480 e. The molecule has 0 saturated carbocycles. The summed E-state index contributed by atoms with van der Waals surface area (Å²) >= 11 is 0. The van der Waals surface area contributed by atoms with Gasteiger partial charge < -0.3 is 15.3 Å². The van der Waals surface area contributed by atoms with Crippen LogP contribution in [-0.4, -0.2) is 35.1 Å². The fraction of sp³-hybridized carbons (Fsp3) is 0.154. The third kappa shape index (κ3) is 4.41. The number of amides is 2. The fourth-order valence-corrected chi connectivity index (χ4v) is 1.30. The highest BCUT2D eigenvalue weighted by Gasteiger charge is 2.15.